The minimum absolute atomic E-state index is 0.0644. The number of pyridine rings is 1. The number of aromatic nitrogens is 3. The van der Waals surface area contributed by atoms with Crippen LogP contribution < -0.4 is 0 Å². The van der Waals surface area contributed by atoms with Crippen molar-refractivity contribution in [3.8, 4) is 0 Å². The van der Waals surface area contributed by atoms with Crippen molar-refractivity contribution in [3.05, 3.63) is 58.5 Å². The average Bonchev–Trinajstić information content (AvgIpc) is 2.77. The van der Waals surface area contributed by atoms with E-state index in [0.717, 1.165) is 10.9 Å². The monoisotopic (exact) mass is 315 g/mol. The zero-order valence-electron chi connectivity index (χ0n) is 10.2. The zero-order valence-corrected chi connectivity index (χ0v) is 11.8. The molecule has 0 radical (unpaired) electrons. The third-order valence-corrected chi connectivity index (χ3v) is 3.58. The van der Waals surface area contributed by atoms with E-state index in [-0.39, 0.29) is 5.78 Å². The topological polar surface area (TPSA) is 47.8 Å². The molecule has 19 heavy (non-hydrogen) atoms. The SMILES string of the molecule is Cn1ncc(Br)c1C(=O)c1ccnc2ccccc12. The number of para-hydroxylation sites is 1. The van der Waals surface area contributed by atoms with Gasteiger partial charge in [-0.05, 0) is 28.1 Å². The largest absolute Gasteiger partial charge is 0.287 e. The normalized spacial score (nSPS) is 10.8. The molecular weight excluding hydrogens is 306 g/mol. The fraction of sp³-hybridized carbons (Fsp3) is 0.0714. The summed E-state index contributed by atoms with van der Waals surface area (Å²) in [6.07, 6.45) is 3.27. The summed E-state index contributed by atoms with van der Waals surface area (Å²) in [7, 11) is 1.75. The Kier molecular flexibility index (Phi) is 2.91. The van der Waals surface area contributed by atoms with E-state index in [1.807, 2.05) is 24.3 Å². The molecule has 0 unspecified atom stereocenters. The highest BCUT2D eigenvalue weighted by Crippen LogP contribution is 2.23. The summed E-state index contributed by atoms with van der Waals surface area (Å²) >= 11 is 3.36. The summed E-state index contributed by atoms with van der Waals surface area (Å²) in [5.74, 6) is -0.0644. The van der Waals surface area contributed by atoms with Crippen LogP contribution in [0.25, 0.3) is 10.9 Å². The van der Waals surface area contributed by atoms with Gasteiger partial charge in [-0.25, -0.2) is 0 Å². The maximum absolute atomic E-state index is 12.6. The van der Waals surface area contributed by atoms with E-state index >= 15 is 0 Å². The molecule has 0 fully saturated rings. The number of ketones is 1. The summed E-state index contributed by atoms with van der Waals surface area (Å²) in [4.78, 5) is 16.9. The molecule has 0 saturated heterocycles. The highest BCUT2D eigenvalue weighted by Gasteiger charge is 2.19. The van der Waals surface area contributed by atoms with Gasteiger partial charge in [0.15, 0.2) is 0 Å². The van der Waals surface area contributed by atoms with Gasteiger partial charge >= 0.3 is 0 Å². The Morgan fingerprint density at radius 1 is 1.26 bits per heavy atom. The number of rotatable bonds is 2. The molecule has 0 aliphatic rings. The number of carbonyl (C=O) groups excluding carboxylic acids is 1. The van der Waals surface area contributed by atoms with Crippen LogP contribution in [0.3, 0.4) is 0 Å². The Morgan fingerprint density at radius 2 is 2.05 bits per heavy atom. The fourth-order valence-corrected chi connectivity index (χ4v) is 2.62. The molecule has 0 aliphatic carbocycles. The maximum atomic E-state index is 12.6. The van der Waals surface area contributed by atoms with Crippen LogP contribution in [0.1, 0.15) is 16.1 Å². The molecule has 2 heterocycles. The number of nitrogens with zero attached hydrogens (tertiary/aromatic N) is 3. The van der Waals surface area contributed by atoms with Gasteiger partial charge in [-0.2, -0.15) is 5.10 Å². The van der Waals surface area contributed by atoms with E-state index in [1.54, 1.807) is 30.2 Å². The summed E-state index contributed by atoms with van der Waals surface area (Å²) in [5.41, 5.74) is 1.98. The number of hydrogen-bond donors (Lipinski definition) is 0. The molecule has 2 aromatic heterocycles. The van der Waals surface area contributed by atoms with Crippen LogP contribution in [0.5, 0.6) is 0 Å². The molecule has 3 aromatic rings. The first-order chi connectivity index (χ1) is 9.18. The van der Waals surface area contributed by atoms with Crippen molar-refractivity contribution < 1.29 is 4.79 Å². The average molecular weight is 316 g/mol. The molecule has 0 atom stereocenters. The standard InChI is InChI=1S/C14H10BrN3O/c1-18-13(11(15)8-17-18)14(19)10-6-7-16-12-5-3-2-4-9(10)12/h2-8H,1H3. The van der Waals surface area contributed by atoms with Gasteiger partial charge in [0.1, 0.15) is 5.69 Å². The molecule has 3 rings (SSSR count). The Labute approximate surface area is 118 Å². The number of carbonyl (C=O) groups is 1. The number of hydrogen-bond acceptors (Lipinski definition) is 3. The second-order valence-electron chi connectivity index (χ2n) is 4.17. The molecule has 1 aromatic carbocycles. The molecule has 0 spiro atoms. The number of aryl methyl sites for hydroxylation is 1. The Hall–Kier alpha value is -2.01. The number of fused-ring (bicyclic) bond motifs is 1. The van der Waals surface area contributed by atoms with Crippen LogP contribution in [0, 0.1) is 0 Å². The van der Waals surface area contributed by atoms with Crippen molar-refractivity contribution in [2.24, 2.45) is 7.05 Å². The van der Waals surface area contributed by atoms with E-state index in [0.29, 0.717) is 15.7 Å². The summed E-state index contributed by atoms with van der Waals surface area (Å²) in [6, 6.07) is 9.34. The minimum atomic E-state index is -0.0644. The van der Waals surface area contributed by atoms with Gasteiger partial charge in [-0.1, -0.05) is 18.2 Å². The van der Waals surface area contributed by atoms with Crippen molar-refractivity contribution in [1.82, 2.24) is 14.8 Å². The Bertz CT molecular complexity index is 754. The molecule has 0 amide bonds. The van der Waals surface area contributed by atoms with E-state index in [2.05, 4.69) is 26.0 Å². The molecule has 0 aliphatic heterocycles. The van der Waals surface area contributed by atoms with Gasteiger partial charge in [0, 0.05) is 24.2 Å². The summed E-state index contributed by atoms with van der Waals surface area (Å²) < 4.78 is 2.27. The van der Waals surface area contributed by atoms with Crippen LogP contribution in [0.15, 0.2) is 47.2 Å². The van der Waals surface area contributed by atoms with Crippen LogP contribution in [-0.2, 0) is 7.05 Å². The third kappa shape index (κ3) is 1.96. The van der Waals surface area contributed by atoms with E-state index < -0.39 is 0 Å². The molecule has 94 valence electrons. The smallest absolute Gasteiger partial charge is 0.212 e. The highest BCUT2D eigenvalue weighted by molar-refractivity contribution is 9.10. The van der Waals surface area contributed by atoms with Crippen LogP contribution >= 0.6 is 15.9 Å². The molecule has 0 bridgehead atoms. The first-order valence-corrected chi connectivity index (χ1v) is 6.53. The van der Waals surface area contributed by atoms with Gasteiger partial charge in [-0.3, -0.25) is 14.5 Å². The first kappa shape index (κ1) is 12.0. The van der Waals surface area contributed by atoms with Crippen LogP contribution in [-0.4, -0.2) is 20.5 Å². The van der Waals surface area contributed by atoms with Crippen molar-refractivity contribution in [3.63, 3.8) is 0 Å². The van der Waals surface area contributed by atoms with Crippen LogP contribution in [0.4, 0.5) is 0 Å². The van der Waals surface area contributed by atoms with Crippen molar-refractivity contribution >= 4 is 32.6 Å². The van der Waals surface area contributed by atoms with Gasteiger partial charge in [0.25, 0.3) is 0 Å². The number of halogens is 1. The predicted octanol–water partition coefficient (Wildman–Crippen LogP) is 2.96. The third-order valence-electron chi connectivity index (χ3n) is 3.00. The molecule has 4 nitrogen and oxygen atoms in total. The minimum Gasteiger partial charge on any atom is -0.287 e. The van der Waals surface area contributed by atoms with E-state index in [1.165, 1.54) is 0 Å². The lowest BCUT2D eigenvalue weighted by atomic mass is 10.0. The van der Waals surface area contributed by atoms with Crippen molar-refractivity contribution in [2.75, 3.05) is 0 Å². The summed E-state index contributed by atoms with van der Waals surface area (Å²) in [6.45, 7) is 0. The summed E-state index contributed by atoms with van der Waals surface area (Å²) in [5, 5.41) is 4.93. The lowest BCUT2D eigenvalue weighted by Gasteiger charge is -2.06. The lowest BCUT2D eigenvalue weighted by Crippen LogP contribution is -2.09. The zero-order chi connectivity index (χ0) is 13.4. The Morgan fingerprint density at radius 3 is 2.79 bits per heavy atom. The second-order valence-corrected chi connectivity index (χ2v) is 5.02. The molecule has 0 N–H and O–H groups in total. The van der Waals surface area contributed by atoms with Crippen LogP contribution in [0.2, 0.25) is 0 Å². The molecule has 5 heteroatoms. The second kappa shape index (κ2) is 4.59. The van der Waals surface area contributed by atoms with E-state index in [4.69, 9.17) is 0 Å². The molecule has 0 saturated carbocycles. The fourth-order valence-electron chi connectivity index (χ4n) is 2.09. The first-order valence-electron chi connectivity index (χ1n) is 5.74. The predicted molar refractivity (Wildman–Crippen MR) is 76.1 cm³/mol. The van der Waals surface area contributed by atoms with Crippen molar-refractivity contribution in [2.45, 2.75) is 0 Å². The highest BCUT2D eigenvalue weighted by atomic mass is 79.9. The maximum Gasteiger partial charge on any atom is 0.212 e. The van der Waals surface area contributed by atoms with Gasteiger partial charge in [-0.15, -0.1) is 0 Å². The number of benzene rings is 1. The lowest BCUT2D eigenvalue weighted by molar-refractivity contribution is 0.103. The van der Waals surface area contributed by atoms with E-state index in [9.17, 15) is 4.79 Å². The molecular formula is C14H10BrN3O. The quantitative estimate of drug-likeness (QED) is 0.683. The Balaban J connectivity index is 2.23. The van der Waals surface area contributed by atoms with Gasteiger partial charge in [0.2, 0.25) is 5.78 Å². The van der Waals surface area contributed by atoms with Gasteiger partial charge in [0.05, 0.1) is 16.2 Å². The van der Waals surface area contributed by atoms with Gasteiger partial charge < -0.3 is 0 Å². The van der Waals surface area contributed by atoms with Crippen molar-refractivity contribution in [1.29, 1.82) is 0 Å².